The predicted octanol–water partition coefficient (Wildman–Crippen LogP) is -0.135. The van der Waals surface area contributed by atoms with Crippen molar-refractivity contribution in [3.8, 4) is 0 Å². The molecule has 0 radical (unpaired) electrons. The van der Waals surface area contributed by atoms with Crippen LogP contribution in [0.25, 0.3) is 0 Å². The fourth-order valence-electron chi connectivity index (χ4n) is 1.79. The third-order valence-electron chi connectivity index (χ3n) is 2.67. The van der Waals surface area contributed by atoms with Crippen molar-refractivity contribution in [1.29, 1.82) is 0 Å². The second-order valence-electron chi connectivity index (χ2n) is 3.57. The third kappa shape index (κ3) is 1.29. The Balaban J connectivity index is 2.46. The highest BCUT2D eigenvalue weighted by Gasteiger charge is 2.46. The molecule has 0 aliphatic carbocycles. The summed E-state index contributed by atoms with van der Waals surface area (Å²) in [4.78, 5) is 22.9. The van der Waals surface area contributed by atoms with Gasteiger partial charge in [0.25, 0.3) is 5.91 Å². The van der Waals surface area contributed by atoms with Crippen LogP contribution in [-0.4, -0.2) is 21.7 Å². The van der Waals surface area contributed by atoms with E-state index >= 15 is 0 Å². The highest BCUT2D eigenvalue weighted by Crippen LogP contribution is 2.27. The minimum Gasteiger partial charge on any atom is -0.319 e. The molecule has 1 atom stereocenters. The van der Waals surface area contributed by atoms with Crippen LogP contribution < -0.4 is 10.6 Å². The zero-order valence-electron chi connectivity index (χ0n) is 8.57. The summed E-state index contributed by atoms with van der Waals surface area (Å²) in [5.41, 5.74) is -0.249. The lowest BCUT2D eigenvalue weighted by molar-refractivity contribution is -0.124. The summed E-state index contributed by atoms with van der Waals surface area (Å²) < 4.78 is 1.60. The highest BCUT2D eigenvalue weighted by atomic mass is 16.2. The molecule has 0 spiro atoms. The number of nitrogens with one attached hydrogen (secondary N) is 2. The van der Waals surface area contributed by atoms with E-state index in [9.17, 15) is 9.59 Å². The molecule has 6 heteroatoms. The Kier molecular flexibility index (Phi) is 1.99. The van der Waals surface area contributed by atoms with Crippen molar-refractivity contribution >= 4 is 11.9 Å². The van der Waals surface area contributed by atoms with E-state index < -0.39 is 11.6 Å². The Hall–Kier alpha value is -1.85. The van der Waals surface area contributed by atoms with E-state index in [4.69, 9.17) is 0 Å². The molecule has 15 heavy (non-hydrogen) atoms. The van der Waals surface area contributed by atoms with Gasteiger partial charge >= 0.3 is 6.03 Å². The molecular weight excluding hydrogens is 196 g/mol. The minimum absolute atomic E-state index is 0.317. The molecule has 0 saturated carbocycles. The van der Waals surface area contributed by atoms with Gasteiger partial charge in [-0.15, -0.1) is 0 Å². The van der Waals surface area contributed by atoms with Gasteiger partial charge in [-0.2, -0.15) is 5.10 Å². The molecule has 2 N–H and O–H groups in total. The summed E-state index contributed by atoms with van der Waals surface area (Å²) >= 11 is 0. The molecular formula is C9H12N4O2. The number of carbonyl (C=O) groups excluding carboxylic acids is 2. The van der Waals surface area contributed by atoms with Gasteiger partial charge in [-0.1, -0.05) is 6.92 Å². The maximum absolute atomic E-state index is 11.7. The number of aryl methyl sites for hydroxylation is 1. The summed E-state index contributed by atoms with van der Waals surface area (Å²) in [5, 5.41) is 8.88. The summed E-state index contributed by atoms with van der Waals surface area (Å²) in [6.45, 7) is 1.85. The van der Waals surface area contributed by atoms with Gasteiger partial charge in [-0.3, -0.25) is 14.8 Å². The number of carbonyl (C=O) groups is 2. The summed E-state index contributed by atoms with van der Waals surface area (Å²) in [6, 6.07) is -0.453. The molecule has 6 nitrogen and oxygen atoms in total. The van der Waals surface area contributed by atoms with Crippen LogP contribution in [0.2, 0.25) is 0 Å². The number of imide groups is 1. The Labute approximate surface area is 86.6 Å². The molecule has 1 saturated heterocycles. The monoisotopic (exact) mass is 208 g/mol. The lowest BCUT2D eigenvalue weighted by Gasteiger charge is -2.22. The van der Waals surface area contributed by atoms with Crippen molar-refractivity contribution in [3.05, 3.63) is 18.0 Å². The van der Waals surface area contributed by atoms with E-state index in [-0.39, 0.29) is 5.91 Å². The second-order valence-corrected chi connectivity index (χ2v) is 3.57. The van der Waals surface area contributed by atoms with E-state index in [1.54, 1.807) is 24.1 Å². The zero-order valence-corrected chi connectivity index (χ0v) is 8.57. The average Bonchev–Trinajstić information content (AvgIpc) is 2.71. The van der Waals surface area contributed by atoms with E-state index in [1.165, 1.54) is 0 Å². The first kappa shape index (κ1) is 9.70. The molecule has 0 aromatic carbocycles. The lowest BCUT2D eigenvalue weighted by atomic mass is 9.90. The van der Waals surface area contributed by atoms with Gasteiger partial charge in [-0.05, 0) is 6.42 Å². The van der Waals surface area contributed by atoms with Crippen molar-refractivity contribution in [2.24, 2.45) is 7.05 Å². The Morgan fingerprint density at radius 2 is 2.27 bits per heavy atom. The van der Waals surface area contributed by atoms with E-state index in [1.807, 2.05) is 6.92 Å². The van der Waals surface area contributed by atoms with Crippen molar-refractivity contribution in [1.82, 2.24) is 20.4 Å². The minimum atomic E-state index is -0.953. The average molecular weight is 208 g/mol. The smallest absolute Gasteiger partial charge is 0.319 e. The number of rotatable bonds is 2. The predicted molar refractivity (Wildman–Crippen MR) is 51.9 cm³/mol. The number of nitrogens with zero attached hydrogens (tertiary/aromatic N) is 2. The van der Waals surface area contributed by atoms with E-state index in [2.05, 4.69) is 15.7 Å². The number of amides is 3. The van der Waals surface area contributed by atoms with Crippen LogP contribution in [0.15, 0.2) is 12.4 Å². The molecule has 1 aromatic rings. The normalized spacial score (nSPS) is 25.2. The quantitative estimate of drug-likeness (QED) is 0.664. The SMILES string of the molecule is CC[C@]1(c2cnn(C)c2)NC(=O)NC1=O. The molecule has 1 aromatic heterocycles. The van der Waals surface area contributed by atoms with Crippen molar-refractivity contribution in [2.75, 3.05) is 0 Å². The topological polar surface area (TPSA) is 76.0 Å². The second kappa shape index (κ2) is 3.08. The molecule has 2 heterocycles. The molecule has 0 bridgehead atoms. The molecule has 1 aliphatic heterocycles. The molecule has 1 aliphatic rings. The summed E-state index contributed by atoms with van der Waals surface area (Å²) in [7, 11) is 1.77. The van der Waals surface area contributed by atoms with Gasteiger partial charge in [0, 0.05) is 18.8 Å². The fourth-order valence-corrected chi connectivity index (χ4v) is 1.79. The van der Waals surface area contributed by atoms with Crippen LogP contribution in [0.1, 0.15) is 18.9 Å². The van der Waals surface area contributed by atoms with Crippen LogP contribution >= 0.6 is 0 Å². The van der Waals surface area contributed by atoms with Gasteiger partial charge in [-0.25, -0.2) is 4.79 Å². The highest BCUT2D eigenvalue weighted by molar-refractivity contribution is 6.07. The summed E-state index contributed by atoms with van der Waals surface area (Å²) in [5.74, 6) is -0.317. The maximum Gasteiger partial charge on any atom is 0.322 e. The maximum atomic E-state index is 11.7. The van der Waals surface area contributed by atoms with E-state index in [0.29, 0.717) is 12.0 Å². The van der Waals surface area contributed by atoms with Crippen LogP contribution in [-0.2, 0) is 17.4 Å². The number of aromatic nitrogens is 2. The Morgan fingerprint density at radius 3 is 2.67 bits per heavy atom. The molecule has 2 rings (SSSR count). The number of hydrogen-bond acceptors (Lipinski definition) is 3. The van der Waals surface area contributed by atoms with Gasteiger partial charge < -0.3 is 5.32 Å². The lowest BCUT2D eigenvalue weighted by Crippen LogP contribution is -2.42. The van der Waals surface area contributed by atoms with Gasteiger partial charge in [0.1, 0.15) is 5.54 Å². The van der Waals surface area contributed by atoms with Crippen molar-refractivity contribution in [3.63, 3.8) is 0 Å². The molecule has 3 amide bonds. The van der Waals surface area contributed by atoms with Crippen LogP contribution in [0.4, 0.5) is 4.79 Å². The number of hydrogen-bond donors (Lipinski definition) is 2. The standard InChI is InChI=1S/C9H12N4O2/c1-3-9(6-4-10-13(2)5-6)7(14)11-8(15)12-9/h4-5H,3H2,1-2H3,(H2,11,12,14,15)/t9-/m1/s1. The first-order chi connectivity index (χ1) is 7.08. The van der Waals surface area contributed by atoms with Crippen LogP contribution in [0.5, 0.6) is 0 Å². The van der Waals surface area contributed by atoms with Gasteiger partial charge in [0.2, 0.25) is 0 Å². The number of urea groups is 1. The first-order valence-electron chi connectivity index (χ1n) is 4.71. The molecule has 80 valence electrons. The van der Waals surface area contributed by atoms with Crippen molar-refractivity contribution < 1.29 is 9.59 Å². The van der Waals surface area contributed by atoms with Crippen LogP contribution in [0.3, 0.4) is 0 Å². The zero-order chi connectivity index (χ0) is 11.1. The molecule has 1 fully saturated rings. The van der Waals surface area contributed by atoms with Gasteiger partial charge in [0.05, 0.1) is 6.20 Å². The largest absolute Gasteiger partial charge is 0.322 e. The third-order valence-corrected chi connectivity index (χ3v) is 2.67. The van der Waals surface area contributed by atoms with Crippen LogP contribution in [0, 0.1) is 0 Å². The van der Waals surface area contributed by atoms with E-state index in [0.717, 1.165) is 0 Å². The molecule has 0 unspecified atom stereocenters. The summed E-state index contributed by atoms with van der Waals surface area (Å²) in [6.07, 6.45) is 3.82. The first-order valence-corrected chi connectivity index (χ1v) is 4.71. The Bertz CT molecular complexity index is 426. The van der Waals surface area contributed by atoms with Gasteiger partial charge in [0.15, 0.2) is 0 Å². The fraction of sp³-hybridized carbons (Fsp3) is 0.444. The Morgan fingerprint density at radius 1 is 1.53 bits per heavy atom. The van der Waals surface area contributed by atoms with Crippen molar-refractivity contribution in [2.45, 2.75) is 18.9 Å².